The maximum Gasteiger partial charge on any atom is 0.133 e. The largest absolute Gasteiger partial charge is 0.339 e. The second kappa shape index (κ2) is 11.1. The minimum absolute atomic E-state index is 0. The molecule has 1 aromatic heterocycles. The van der Waals surface area contributed by atoms with Gasteiger partial charge in [0.15, 0.2) is 0 Å². The van der Waals surface area contributed by atoms with Crippen molar-refractivity contribution in [3.63, 3.8) is 0 Å². The summed E-state index contributed by atoms with van der Waals surface area (Å²) in [6, 6.07) is 12.9. The van der Waals surface area contributed by atoms with E-state index in [9.17, 15) is 0 Å². The maximum atomic E-state index is 4.83. The van der Waals surface area contributed by atoms with Crippen molar-refractivity contribution in [2.75, 3.05) is 11.9 Å². The maximum absolute atomic E-state index is 4.83. The predicted molar refractivity (Wildman–Crippen MR) is 123 cm³/mol. The van der Waals surface area contributed by atoms with Gasteiger partial charge < -0.3 is 9.88 Å². The molecule has 0 spiro atoms. The highest BCUT2D eigenvalue weighted by Gasteiger charge is 2.18. The van der Waals surface area contributed by atoms with Crippen LogP contribution < -0.4 is 5.32 Å². The number of anilines is 1. The third kappa shape index (κ3) is 5.27. The fraction of sp³-hybridized carbons (Fsp3) is 0.364. The summed E-state index contributed by atoms with van der Waals surface area (Å²) in [4.78, 5) is 8.90. The average Bonchev–Trinajstić information content (AvgIpc) is 3.30. The van der Waals surface area contributed by atoms with Crippen molar-refractivity contribution in [1.82, 2.24) is 9.55 Å². The molecule has 0 aliphatic carbocycles. The van der Waals surface area contributed by atoms with Crippen LogP contribution in [0.3, 0.4) is 0 Å². The van der Waals surface area contributed by atoms with E-state index in [0.717, 1.165) is 18.9 Å². The van der Waals surface area contributed by atoms with Gasteiger partial charge in [-0.1, -0.05) is 56.0 Å². The molecule has 1 aliphatic rings. The van der Waals surface area contributed by atoms with Crippen molar-refractivity contribution in [2.45, 2.75) is 45.1 Å². The first kappa shape index (κ1) is 22.3. The topological polar surface area (TPSA) is 42.2 Å². The molecule has 1 N–H and O–H groups in total. The third-order valence-corrected chi connectivity index (χ3v) is 5.07. The van der Waals surface area contributed by atoms with Gasteiger partial charge in [-0.05, 0) is 24.3 Å². The van der Waals surface area contributed by atoms with Crippen LogP contribution in [0.2, 0.25) is 0 Å². The molecule has 0 amide bonds. The summed E-state index contributed by atoms with van der Waals surface area (Å²) in [5.74, 6) is 1.04. The second-order valence-corrected chi connectivity index (χ2v) is 6.99. The Morgan fingerprint density at radius 3 is 2.43 bits per heavy atom. The van der Waals surface area contributed by atoms with Crippen molar-refractivity contribution >= 4 is 47.1 Å². The van der Waals surface area contributed by atoms with Crippen LogP contribution in [0, 0.1) is 0 Å². The lowest BCUT2D eigenvalue weighted by molar-refractivity contribution is 0.554. The number of aryl methyl sites for hydroxylation is 1. The van der Waals surface area contributed by atoms with Gasteiger partial charge in [-0.25, -0.2) is 4.98 Å². The molecular weight excluding hydrogens is 391 g/mol. The second-order valence-electron chi connectivity index (χ2n) is 6.99. The highest BCUT2D eigenvalue weighted by molar-refractivity contribution is 6.25. The number of nitrogens with zero attached hydrogens (tertiary/aromatic N) is 3. The van der Waals surface area contributed by atoms with Gasteiger partial charge in [0.05, 0.1) is 6.33 Å². The molecule has 0 saturated heterocycles. The third-order valence-electron chi connectivity index (χ3n) is 5.07. The molecule has 2 heterocycles. The quantitative estimate of drug-likeness (QED) is 0.426. The first-order chi connectivity index (χ1) is 12.9. The van der Waals surface area contributed by atoms with Gasteiger partial charge >= 0.3 is 0 Å². The van der Waals surface area contributed by atoms with Crippen LogP contribution in [-0.2, 0) is 6.54 Å². The smallest absolute Gasteiger partial charge is 0.133 e. The summed E-state index contributed by atoms with van der Waals surface area (Å²) in [5, 5.41) is 6.08. The SMILES string of the molecule is Cl.Cl.c1cc2c3c(cccc3c1)C(=NCCCCCCCCn1ccnc1)N2. The summed E-state index contributed by atoms with van der Waals surface area (Å²) in [6.45, 7) is 1.99. The van der Waals surface area contributed by atoms with Crippen molar-refractivity contribution in [2.24, 2.45) is 4.99 Å². The zero-order valence-corrected chi connectivity index (χ0v) is 17.6. The number of aliphatic imine (C=N–C) groups is 1. The number of unbranched alkanes of at least 4 members (excludes halogenated alkanes) is 5. The van der Waals surface area contributed by atoms with Gasteiger partial charge in [0.2, 0.25) is 0 Å². The summed E-state index contributed by atoms with van der Waals surface area (Å²) in [5.41, 5.74) is 2.44. The van der Waals surface area contributed by atoms with E-state index >= 15 is 0 Å². The Morgan fingerprint density at radius 1 is 0.893 bits per heavy atom. The molecule has 1 aliphatic heterocycles. The minimum atomic E-state index is 0. The zero-order chi connectivity index (χ0) is 17.6. The Morgan fingerprint density at radius 2 is 1.64 bits per heavy atom. The highest BCUT2D eigenvalue weighted by Crippen LogP contribution is 2.32. The van der Waals surface area contributed by atoms with Gasteiger partial charge in [0, 0.05) is 42.1 Å². The number of hydrogen-bond acceptors (Lipinski definition) is 2. The van der Waals surface area contributed by atoms with Gasteiger partial charge in [-0.3, -0.25) is 4.99 Å². The van der Waals surface area contributed by atoms with Crippen molar-refractivity contribution in [3.8, 4) is 0 Å². The number of imidazole rings is 1. The van der Waals surface area contributed by atoms with E-state index in [0.29, 0.717) is 0 Å². The van der Waals surface area contributed by atoms with E-state index < -0.39 is 0 Å². The monoisotopic (exact) mass is 418 g/mol. The van der Waals surface area contributed by atoms with E-state index in [2.05, 4.69) is 51.3 Å². The van der Waals surface area contributed by atoms with Crippen LogP contribution in [0.25, 0.3) is 10.8 Å². The molecule has 4 nitrogen and oxygen atoms in total. The van der Waals surface area contributed by atoms with E-state index in [4.69, 9.17) is 4.99 Å². The van der Waals surface area contributed by atoms with Gasteiger partial charge in [0.25, 0.3) is 0 Å². The molecule has 4 rings (SSSR count). The highest BCUT2D eigenvalue weighted by atomic mass is 35.5. The van der Waals surface area contributed by atoms with Gasteiger partial charge in [0.1, 0.15) is 5.84 Å². The lowest BCUT2D eigenvalue weighted by Crippen LogP contribution is -2.08. The van der Waals surface area contributed by atoms with Crippen molar-refractivity contribution in [3.05, 3.63) is 60.7 Å². The zero-order valence-electron chi connectivity index (χ0n) is 16.0. The molecule has 0 saturated carbocycles. The Labute approximate surface area is 179 Å². The fourth-order valence-corrected chi connectivity index (χ4v) is 3.69. The molecule has 0 atom stereocenters. The lowest BCUT2D eigenvalue weighted by atomic mass is 10.1. The Kier molecular flexibility index (Phi) is 8.81. The van der Waals surface area contributed by atoms with Crippen LogP contribution in [-0.4, -0.2) is 21.9 Å². The lowest BCUT2D eigenvalue weighted by Gasteiger charge is -2.03. The molecule has 6 heteroatoms. The molecule has 150 valence electrons. The number of rotatable bonds is 9. The van der Waals surface area contributed by atoms with Crippen molar-refractivity contribution in [1.29, 1.82) is 0 Å². The van der Waals surface area contributed by atoms with E-state index in [-0.39, 0.29) is 24.8 Å². The van der Waals surface area contributed by atoms with Crippen LogP contribution in [0.15, 0.2) is 60.1 Å². The molecule has 0 fully saturated rings. The Bertz CT molecular complexity index is 885. The average molecular weight is 419 g/mol. The van der Waals surface area contributed by atoms with E-state index in [1.165, 1.54) is 60.5 Å². The van der Waals surface area contributed by atoms with E-state index in [1.54, 1.807) is 0 Å². The van der Waals surface area contributed by atoms with Crippen LogP contribution in [0.5, 0.6) is 0 Å². The summed E-state index contributed by atoms with van der Waals surface area (Å²) >= 11 is 0. The van der Waals surface area contributed by atoms with Crippen molar-refractivity contribution < 1.29 is 0 Å². The van der Waals surface area contributed by atoms with Gasteiger partial charge in [-0.15, -0.1) is 24.8 Å². The van der Waals surface area contributed by atoms with Crippen LogP contribution >= 0.6 is 24.8 Å². The standard InChI is InChI=1S/C22H26N4.2ClH/c1(2-4-6-15-26-16-14-23-17-26)3-5-13-24-22-19-11-7-9-18-10-8-12-20(25-22)21(18)19;;/h7-12,14,16-17H,1-6,13,15H2,(H,24,25);2*1H. The summed E-state index contributed by atoms with van der Waals surface area (Å²) < 4.78 is 2.16. The molecule has 0 unspecified atom stereocenters. The number of benzene rings is 2. The number of nitrogens with one attached hydrogen (secondary N) is 1. The Hall–Kier alpha value is -2.04. The first-order valence-electron chi connectivity index (χ1n) is 9.71. The minimum Gasteiger partial charge on any atom is -0.339 e. The molecule has 0 bridgehead atoms. The molecule has 3 aromatic rings. The number of hydrogen-bond donors (Lipinski definition) is 1. The Balaban J connectivity index is 0.00000140. The summed E-state index contributed by atoms with van der Waals surface area (Å²) in [6.07, 6.45) is 13.4. The van der Waals surface area contributed by atoms with Crippen LogP contribution in [0.1, 0.15) is 44.1 Å². The molecule has 2 aromatic carbocycles. The van der Waals surface area contributed by atoms with Crippen LogP contribution in [0.4, 0.5) is 5.69 Å². The normalized spacial score (nSPS) is 13.2. The number of halogens is 2. The molecule has 0 radical (unpaired) electrons. The van der Waals surface area contributed by atoms with Gasteiger partial charge in [-0.2, -0.15) is 0 Å². The number of amidine groups is 1. The number of aromatic nitrogens is 2. The molecular formula is C22H28Cl2N4. The predicted octanol–water partition coefficient (Wildman–Crippen LogP) is 6.09. The molecule has 28 heavy (non-hydrogen) atoms. The fourth-order valence-electron chi connectivity index (χ4n) is 3.69. The van der Waals surface area contributed by atoms with E-state index in [1.807, 2.05) is 18.7 Å². The first-order valence-corrected chi connectivity index (χ1v) is 9.71. The summed E-state index contributed by atoms with van der Waals surface area (Å²) in [7, 11) is 0.